The van der Waals surface area contributed by atoms with Crippen LogP contribution in [0.3, 0.4) is 0 Å². The smallest absolute Gasteiger partial charge is 0.255 e. The van der Waals surface area contributed by atoms with E-state index in [2.05, 4.69) is 10.6 Å². The molecule has 3 aromatic rings. The van der Waals surface area contributed by atoms with Gasteiger partial charge < -0.3 is 15.7 Å². The molecule has 4 nitrogen and oxygen atoms in total. The van der Waals surface area contributed by atoms with Gasteiger partial charge in [-0.2, -0.15) is 0 Å². The Kier molecular flexibility index (Phi) is 5.35. The number of amides is 1. The zero-order valence-corrected chi connectivity index (χ0v) is 15.4. The van der Waals surface area contributed by atoms with Crippen molar-refractivity contribution in [1.82, 2.24) is 0 Å². The Bertz CT molecular complexity index is 936. The maximum Gasteiger partial charge on any atom is 0.255 e. The fourth-order valence-electron chi connectivity index (χ4n) is 2.40. The largest absolute Gasteiger partial charge is 0.506 e. The quantitative estimate of drug-likeness (QED) is 0.481. The van der Waals surface area contributed by atoms with Crippen LogP contribution in [0.1, 0.15) is 15.9 Å². The number of phenolic OH excluding ortho intramolecular Hbond substituents is 1. The van der Waals surface area contributed by atoms with Crippen molar-refractivity contribution < 1.29 is 9.90 Å². The van der Waals surface area contributed by atoms with Crippen LogP contribution in [0.2, 0.25) is 10.0 Å². The third-order valence-corrected chi connectivity index (χ3v) is 4.15. The Morgan fingerprint density at radius 2 is 1.54 bits per heavy atom. The number of carbonyl (C=O) groups is 1. The Morgan fingerprint density at radius 1 is 0.885 bits per heavy atom. The molecule has 0 saturated heterocycles. The third kappa shape index (κ3) is 4.48. The lowest BCUT2D eigenvalue weighted by molar-refractivity contribution is 0.102. The predicted octanol–water partition coefficient (Wildman–Crippen LogP) is 6.00. The first-order valence-corrected chi connectivity index (χ1v) is 8.60. The van der Waals surface area contributed by atoms with Crippen LogP contribution in [0.5, 0.6) is 5.75 Å². The SMILES string of the molecule is Cc1ccc(NC(=O)c2ccc(O)c(Nc3cc(Cl)cc(Cl)c3)c2)cc1. The van der Waals surface area contributed by atoms with Crippen LogP contribution in [0.25, 0.3) is 0 Å². The van der Waals surface area contributed by atoms with E-state index >= 15 is 0 Å². The fourth-order valence-corrected chi connectivity index (χ4v) is 2.93. The summed E-state index contributed by atoms with van der Waals surface area (Å²) in [6.07, 6.45) is 0. The van der Waals surface area contributed by atoms with Crippen molar-refractivity contribution in [2.75, 3.05) is 10.6 Å². The van der Waals surface area contributed by atoms with Crippen molar-refractivity contribution in [1.29, 1.82) is 0 Å². The normalized spacial score (nSPS) is 10.4. The average molecular weight is 387 g/mol. The molecule has 3 aromatic carbocycles. The lowest BCUT2D eigenvalue weighted by atomic mass is 10.1. The van der Waals surface area contributed by atoms with E-state index in [0.717, 1.165) is 5.56 Å². The van der Waals surface area contributed by atoms with Crippen LogP contribution in [0, 0.1) is 6.92 Å². The standard InChI is InChI=1S/C20H16Cl2N2O2/c1-12-2-5-16(6-3-12)24-20(26)13-4-7-19(25)18(8-13)23-17-10-14(21)9-15(22)11-17/h2-11,23,25H,1H3,(H,24,26). The number of hydrogen-bond acceptors (Lipinski definition) is 3. The molecular formula is C20H16Cl2N2O2. The van der Waals surface area contributed by atoms with E-state index in [1.165, 1.54) is 6.07 Å². The van der Waals surface area contributed by atoms with Gasteiger partial charge in [0.2, 0.25) is 0 Å². The molecule has 3 N–H and O–H groups in total. The maximum atomic E-state index is 12.5. The zero-order valence-electron chi connectivity index (χ0n) is 13.9. The number of aryl methyl sites for hydroxylation is 1. The second-order valence-electron chi connectivity index (χ2n) is 5.84. The zero-order chi connectivity index (χ0) is 18.7. The average Bonchev–Trinajstić information content (AvgIpc) is 2.58. The molecule has 6 heteroatoms. The van der Waals surface area contributed by atoms with Crippen LogP contribution in [0.4, 0.5) is 17.1 Å². The van der Waals surface area contributed by atoms with E-state index in [-0.39, 0.29) is 11.7 Å². The number of aromatic hydroxyl groups is 1. The van der Waals surface area contributed by atoms with Gasteiger partial charge >= 0.3 is 0 Å². The van der Waals surface area contributed by atoms with Crippen molar-refractivity contribution in [3.63, 3.8) is 0 Å². The minimum absolute atomic E-state index is 0.00739. The van der Waals surface area contributed by atoms with Crippen molar-refractivity contribution >= 4 is 46.2 Å². The Balaban J connectivity index is 1.82. The molecule has 0 aliphatic carbocycles. The Hall–Kier alpha value is -2.69. The van der Waals surface area contributed by atoms with Crippen LogP contribution in [-0.2, 0) is 0 Å². The molecule has 132 valence electrons. The number of carbonyl (C=O) groups excluding carboxylic acids is 1. The van der Waals surface area contributed by atoms with Gasteiger partial charge in [0, 0.05) is 27.0 Å². The molecule has 26 heavy (non-hydrogen) atoms. The first-order chi connectivity index (χ1) is 12.4. The predicted molar refractivity (Wildman–Crippen MR) is 107 cm³/mol. The molecule has 0 bridgehead atoms. The highest BCUT2D eigenvalue weighted by Gasteiger charge is 2.11. The summed E-state index contributed by atoms with van der Waals surface area (Å²) in [5, 5.41) is 16.9. The summed E-state index contributed by atoms with van der Waals surface area (Å²) >= 11 is 12.0. The molecule has 0 spiro atoms. The highest BCUT2D eigenvalue weighted by Crippen LogP contribution is 2.30. The molecule has 0 saturated carbocycles. The summed E-state index contributed by atoms with van der Waals surface area (Å²) in [5.41, 5.74) is 3.19. The van der Waals surface area contributed by atoms with Crippen molar-refractivity contribution in [3.05, 3.63) is 81.8 Å². The van der Waals surface area contributed by atoms with Gasteiger partial charge in [0.1, 0.15) is 5.75 Å². The monoisotopic (exact) mass is 386 g/mol. The number of halogens is 2. The molecule has 0 aliphatic heterocycles. The third-order valence-electron chi connectivity index (χ3n) is 3.71. The molecular weight excluding hydrogens is 371 g/mol. The van der Waals surface area contributed by atoms with Crippen LogP contribution in [0.15, 0.2) is 60.7 Å². The first kappa shape index (κ1) is 18.1. The second-order valence-corrected chi connectivity index (χ2v) is 6.71. The van der Waals surface area contributed by atoms with Crippen molar-refractivity contribution in [3.8, 4) is 5.75 Å². The van der Waals surface area contributed by atoms with Crippen LogP contribution >= 0.6 is 23.2 Å². The highest BCUT2D eigenvalue weighted by molar-refractivity contribution is 6.35. The molecule has 0 radical (unpaired) electrons. The van der Waals surface area contributed by atoms with Gasteiger partial charge in [-0.05, 0) is 55.5 Å². The Labute approximate surface area is 161 Å². The van der Waals surface area contributed by atoms with Gasteiger partial charge in [0.15, 0.2) is 0 Å². The molecule has 0 atom stereocenters. The summed E-state index contributed by atoms with van der Waals surface area (Å²) < 4.78 is 0. The fraction of sp³-hybridized carbons (Fsp3) is 0.0500. The van der Waals surface area contributed by atoms with Gasteiger partial charge in [-0.3, -0.25) is 4.79 Å². The van der Waals surface area contributed by atoms with Crippen molar-refractivity contribution in [2.24, 2.45) is 0 Å². The van der Waals surface area contributed by atoms with Gasteiger partial charge in [0.05, 0.1) is 5.69 Å². The topological polar surface area (TPSA) is 61.4 Å². The van der Waals surface area contributed by atoms with Crippen LogP contribution in [-0.4, -0.2) is 11.0 Å². The molecule has 0 unspecified atom stereocenters. The summed E-state index contributed by atoms with van der Waals surface area (Å²) in [5.74, 6) is -0.269. The molecule has 3 rings (SSSR count). The van der Waals surface area contributed by atoms with Gasteiger partial charge in [0.25, 0.3) is 5.91 Å². The number of rotatable bonds is 4. The van der Waals surface area contributed by atoms with E-state index in [0.29, 0.717) is 32.7 Å². The molecule has 0 fully saturated rings. The van der Waals surface area contributed by atoms with Gasteiger partial charge in [-0.15, -0.1) is 0 Å². The minimum atomic E-state index is -0.277. The number of nitrogens with one attached hydrogen (secondary N) is 2. The van der Waals surface area contributed by atoms with E-state index in [9.17, 15) is 9.90 Å². The number of phenols is 1. The molecule has 1 amide bonds. The highest BCUT2D eigenvalue weighted by atomic mass is 35.5. The van der Waals surface area contributed by atoms with E-state index in [4.69, 9.17) is 23.2 Å². The van der Waals surface area contributed by atoms with E-state index in [1.807, 2.05) is 31.2 Å². The maximum absolute atomic E-state index is 12.5. The lowest BCUT2D eigenvalue weighted by Crippen LogP contribution is -2.12. The lowest BCUT2D eigenvalue weighted by Gasteiger charge is -2.12. The number of benzene rings is 3. The van der Waals surface area contributed by atoms with Crippen LogP contribution < -0.4 is 10.6 Å². The van der Waals surface area contributed by atoms with E-state index in [1.54, 1.807) is 30.3 Å². The summed E-state index contributed by atoms with van der Waals surface area (Å²) in [6.45, 7) is 1.98. The van der Waals surface area contributed by atoms with E-state index < -0.39 is 0 Å². The summed E-state index contributed by atoms with van der Waals surface area (Å²) in [4.78, 5) is 12.5. The molecule has 0 aliphatic rings. The van der Waals surface area contributed by atoms with Crippen molar-refractivity contribution in [2.45, 2.75) is 6.92 Å². The summed E-state index contributed by atoms with van der Waals surface area (Å²) in [7, 11) is 0. The summed E-state index contributed by atoms with van der Waals surface area (Å²) in [6, 6.07) is 17.0. The molecule has 0 aromatic heterocycles. The number of hydrogen-bond donors (Lipinski definition) is 3. The molecule has 0 heterocycles. The van der Waals surface area contributed by atoms with Gasteiger partial charge in [-0.1, -0.05) is 40.9 Å². The number of anilines is 3. The first-order valence-electron chi connectivity index (χ1n) is 7.85. The minimum Gasteiger partial charge on any atom is -0.506 e. The van der Waals surface area contributed by atoms with Gasteiger partial charge in [-0.25, -0.2) is 0 Å². The second kappa shape index (κ2) is 7.68. The Morgan fingerprint density at radius 3 is 2.19 bits per heavy atom.